The van der Waals surface area contributed by atoms with Crippen molar-refractivity contribution in [1.82, 2.24) is 19.7 Å². The first-order valence-corrected chi connectivity index (χ1v) is 10.7. The summed E-state index contributed by atoms with van der Waals surface area (Å²) in [5.41, 5.74) is 2.66. The minimum Gasteiger partial charge on any atom is -0.457 e. The number of anilines is 1. The molecule has 30 heavy (non-hydrogen) atoms. The molecule has 0 aliphatic rings. The number of nitrogens with zero attached hydrogens (tertiary/aromatic N) is 4. The number of aliphatic hydroxyl groups excluding tert-OH is 1. The zero-order valence-corrected chi connectivity index (χ0v) is 18.1. The molecule has 0 spiro atoms. The molecule has 3 aromatic heterocycles. The fourth-order valence-corrected chi connectivity index (χ4v) is 4.25. The van der Waals surface area contributed by atoms with Crippen LogP contribution in [0.4, 0.5) is 5.13 Å². The summed E-state index contributed by atoms with van der Waals surface area (Å²) in [6, 6.07) is 9.59. The topological polar surface area (TPSA) is 85.1 Å². The van der Waals surface area contributed by atoms with E-state index >= 15 is 0 Å². The van der Waals surface area contributed by atoms with Gasteiger partial charge < -0.3 is 15.2 Å². The third-order valence-corrected chi connectivity index (χ3v) is 5.58. The Morgan fingerprint density at radius 2 is 2.03 bits per heavy atom. The number of fused-ring (bicyclic) bond motifs is 1. The summed E-state index contributed by atoms with van der Waals surface area (Å²) in [5.74, 6) is 1.95. The highest BCUT2D eigenvalue weighted by atomic mass is 32.1. The zero-order valence-electron chi connectivity index (χ0n) is 17.2. The Balaban J connectivity index is 1.51. The number of nitrogens with one attached hydrogen (secondary N) is 1. The second-order valence-electron chi connectivity index (χ2n) is 7.68. The molecule has 7 nitrogen and oxygen atoms in total. The lowest BCUT2D eigenvalue weighted by Gasteiger charge is -2.17. The summed E-state index contributed by atoms with van der Waals surface area (Å²) in [6.45, 7) is 4.38. The number of aliphatic hydroxyl groups is 1. The second-order valence-corrected chi connectivity index (χ2v) is 8.71. The van der Waals surface area contributed by atoms with Gasteiger partial charge in [-0.25, -0.2) is 4.98 Å². The summed E-state index contributed by atoms with van der Waals surface area (Å²) < 4.78 is 8.84. The van der Waals surface area contributed by atoms with Crippen LogP contribution in [0.15, 0.2) is 48.9 Å². The molecule has 0 unspecified atom stereocenters. The van der Waals surface area contributed by atoms with Gasteiger partial charge in [0.1, 0.15) is 11.5 Å². The van der Waals surface area contributed by atoms with Gasteiger partial charge in [0.25, 0.3) is 0 Å². The van der Waals surface area contributed by atoms with E-state index in [2.05, 4.69) is 34.2 Å². The fraction of sp³-hybridized carbons (Fsp3) is 0.318. The van der Waals surface area contributed by atoms with Gasteiger partial charge in [0, 0.05) is 37.1 Å². The highest BCUT2D eigenvalue weighted by Gasteiger charge is 2.13. The molecular weight excluding hydrogens is 398 g/mol. The lowest BCUT2D eigenvalue weighted by molar-refractivity contribution is 0.259. The monoisotopic (exact) mass is 423 g/mol. The molecule has 4 aromatic rings. The van der Waals surface area contributed by atoms with Gasteiger partial charge in [-0.2, -0.15) is 5.10 Å². The zero-order chi connectivity index (χ0) is 21.1. The molecule has 0 bridgehead atoms. The van der Waals surface area contributed by atoms with Gasteiger partial charge in [0.05, 0.1) is 34.8 Å². The van der Waals surface area contributed by atoms with Crippen LogP contribution in [0.5, 0.6) is 11.5 Å². The Kier molecular flexibility index (Phi) is 5.96. The number of aryl methyl sites for hydroxylation is 1. The maximum Gasteiger partial charge on any atom is 0.184 e. The van der Waals surface area contributed by atoms with Gasteiger partial charge in [-0.05, 0) is 30.5 Å². The molecule has 3 heterocycles. The molecule has 0 saturated heterocycles. The van der Waals surface area contributed by atoms with Crippen molar-refractivity contribution in [1.29, 1.82) is 0 Å². The predicted octanol–water partition coefficient (Wildman–Crippen LogP) is 4.70. The minimum absolute atomic E-state index is 0.00370. The van der Waals surface area contributed by atoms with Gasteiger partial charge in [0.2, 0.25) is 0 Å². The molecule has 156 valence electrons. The van der Waals surface area contributed by atoms with Crippen molar-refractivity contribution in [3.05, 3.63) is 48.9 Å². The van der Waals surface area contributed by atoms with E-state index in [-0.39, 0.29) is 12.6 Å². The number of benzene rings is 1. The lowest BCUT2D eigenvalue weighted by Crippen LogP contribution is -2.25. The van der Waals surface area contributed by atoms with E-state index < -0.39 is 0 Å². The van der Waals surface area contributed by atoms with Crippen LogP contribution in [0, 0.1) is 5.92 Å². The van der Waals surface area contributed by atoms with Crippen molar-refractivity contribution in [2.75, 3.05) is 11.9 Å². The Morgan fingerprint density at radius 1 is 1.20 bits per heavy atom. The Bertz CT molecular complexity index is 1140. The molecule has 2 N–H and O–H groups in total. The van der Waals surface area contributed by atoms with Crippen LogP contribution in [-0.2, 0) is 7.05 Å². The molecule has 0 amide bonds. The smallest absolute Gasteiger partial charge is 0.184 e. The van der Waals surface area contributed by atoms with Crippen LogP contribution >= 0.6 is 11.3 Å². The lowest BCUT2D eigenvalue weighted by atomic mass is 10.0. The van der Waals surface area contributed by atoms with Gasteiger partial charge in [0.15, 0.2) is 5.13 Å². The average molecular weight is 424 g/mol. The van der Waals surface area contributed by atoms with E-state index in [4.69, 9.17) is 4.74 Å². The maximum absolute atomic E-state index is 9.61. The second kappa shape index (κ2) is 8.81. The van der Waals surface area contributed by atoms with Gasteiger partial charge in [-0.3, -0.25) is 9.67 Å². The Labute approximate surface area is 179 Å². The molecule has 1 aromatic carbocycles. The summed E-state index contributed by atoms with van der Waals surface area (Å²) in [4.78, 5) is 9.04. The van der Waals surface area contributed by atoms with E-state index in [9.17, 15) is 5.11 Å². The minimum atomic E-state index is 0.00370. The number of rotatable bonds is 8. The number of thiazole rings is 1. The average Bonchev–Trinajstić information content (AvgIpc) is 3.32. The molecule has 0 saturated carbocycles. The van der Waals surface area contributed by atoms with E-state index in [1.54, 1.807) is 28.4 Å². The predicted molar refractivity (Wildman–Crippen MR) is 120 cm³/mol. The van der Waals surface area contributed by atoms with Crippen molar-refractivity contribution < 1.29 is 9.84 Å². The highest BCUT2D eigenvalue weighted by Crippen LogP contribution is 2.32. The van der Waals surface area contributed by atoms with Crippen LogP contribution in [0.1, 0.15) is 20.3 Å². The molecule has 0 radical (unpaired) electrons. The summed E-state index contributed by atoms with van der Waals surface area (Å²) in [5, 5.41) is 18.0. The Hall–Kier alpha value is -2.97. The maximum atomic E-state index is 9.61. The van der Waals surface area contributed by atoms with E-state index in [0.717, 1.165) is 38.8 Å². The first kappa shape index (κ1) is 20.3. The van der Waals surface area contributed by atoms with Gasteiger partial charge in [-0.15, -0.1) is 0 Å². The van der Waals surface area contributed by atoms with E-state index in [1.807, 2.05) is 43.6 Å². The van der Waals surface area contributed by atoms with Crippen LogP contribution in [0.25, 0.3) is 21.5 Å². The SMILES string of the molecule is CC(C)C[C@@H](CO)Nc1nc2ccc(Oc3ccnc(-c4cnn(C)c4)c3)cc2s1. The van der Waals surface area contributed by atoms with E-state index in [1.165, 1.54) is 0 Å². The molecule has 1 atom stereocenters. The molecule has 0 fully saturated rings. The van der Waals surface area contributed by atoms with Crippen LogP contribution < -0.4 is 10.1 Å². The molecule has 0 aliphatic carbocycles. The highest BCUT2D eigenvalue weighted by molar-refractivity contribution is 7.22. The van der Waals surface area contributed by atoms with E-state index in [0.29, 0.717) is 11.7 Å². The fourth-order valence-electron chi connectivity index (χ4n) is 3.28. The number of aromatic nitrogens is 4. The summed E-state index contributed by atoms with van der Waals surface area (Å²) >= 11 is 1.56. The molecule has 8 heteroatoms. The summed E-state index contributed by atoms with van der Waals surface area (Å²) in [7, 11) is 1.88. The first-order valence-electron chi connectivity index (χ1n) is 9.91. The van der Waals surface area contributed by atoms with Gasteiger partial charge in [-0.1, -0.05) is 25.2 Å². The van der Waals surface area contributed by atoms with Crippen molar-refractivity contribution in [2.45, 2.75) is 26.3 Å². The number of hydrogen-bond acceptors (Lipinski definition) is 7. The van der Waals surface area contributed by atoms with Crippen LogP contribution in [0.2, 0.25) is 0 Å². The van der Waals surface area contributed by atoms with Crippen LogP contribution in [0.3, 0.4) is 0 Å². The molecule has 4 rings (SSSR count). The normalized spacial score (nSPS) is 12.4. The van der Waals surface area contributed by atoms with Crippen molar-refractivity contribution in [3.8, 4) is 22.8 Å². The molecular formula is C22H25N5O2S. The third-order valence-electron chi connectivity index (χ3n) is 4.63. The van der Waals surface area contributed by atoms with Crippen molar-refractivity contribution >= 4 is 26.7 Å². The summed E-state index contributed by atoms with van der Waals surface area (Å²) in [6.07, 6.45) is 6.32. The van der Waals surface area contributed by atoms with Gasteiger partial charge >= 0.3 is 0 Å². The van der Waals surface area contributed by atoms with Crippen LogP contribution in [-0.4, -0.2) is 37.5 Å². The number of hydrogen-bond donors (Lipinski definition) is 2. The Morgan fingerprint density at radius 3 is 2.77 bits per heavy atom. The molecule has 0 aliphatic heterocycles. The van der Waals surface area contributed by atoms with Crippen molar-refractivity contribution in [3.63, 3.8) is 0 Å². The largest absolute Gasteiger partial charge is 0.457 e. The number of pyridine rings is 1. The first-order chi connectivity index (χ1) is 14.5. The quantitative estimate of drug-likeness (QED) is 0.427. The number of ether oxygens (including phenoxy) is 1. The standard InChI is InChI=1S/C22H25N5O2S/c1-14(2)8-16(13-28)25-22-26-19-5-4-17(10-21(19)30-22)29-18-6-7-23-20(9-18)15-11-24-27(3)12-15/h4-7,9-12,14,16,28H,8,13H2,1-3H3,(H,25,26)/t16-/m0/s1. The third kappa shape index (κ3) is 4.77. The van der Waals surface area contributed by atoms with Crippen molar-refractivity contribution in [2.24, 2.45) is 13.0 Å².